The fourth-order valence-electron chi connectivity index (χ4n) is 1.70. The van der Waals surface area contributed by atoms with Crippen LogP contribution in [-0.4, -0.2) is 26.5 Å². The summed E-state index contributed by atoms with van der Waals surface area (Å²) in [5, 5.41) is 2.14. The van der Waals surface area contributed by atoms with Crippen molar-refractivity contribution >= 4 is 44.1 Å². The first-order valence-corrected chi connectivity index (χ1v) is 8.86. The van der Waals surface area contributed by atoms with Crippen LogP contribution in [0.3, 0.4) is 0 Å². The van der Waals surface area contributed by atoms with E-state index in [9.17, 15) is 13.2 Å². The summed E-state index contributed by atoms with van der Waals surface area (Å²) in [6.45, 7) is 1.63. The molecule has 0 saturated carbocycles. The van der Waals surface area contributed by atoms with Crippen LogP contribution in [0.2, 0.25) is 5.02 Å². The highest BCUT2D eigenvalue weighted by Crippen LogP contribution is 2.26. The second-order valence-corrected chi connectivity index (χ2v) is 7.28. The van der Waals surface area contributed by atoms with Crippen molar-refractivity contribution < 1.29 is 17.9 Å². The number of nitrogens with zero attached hydrogens (tertiary/aromatic N) is 1. The van der Waals surface area contributed by atoms with Gasteiger partial charge in [0.1, 0.15) is 0 Å². The molecule has 0 unspecified atom stereocenters. The van der Waals surface area contributed by atoms with Crippen LogP contribution in [0.25, 0.3) is 0 Å². The zero-order valence-corrected chi connectivity index (χ0v) is 14.2. The Morgan fingerprint density at radius 2 is 2.18 bits per heavy atom. The minimum Gasteiger partial charge on any atom is -0.469 e. The van der Waals surface area contributed by atoms with E-state index in [4.69, 9.17) is 11.6 Å². The highest BCUT2D eigenvalue weighted by Gasteiger charge is 2.20. The van der Waals surface area contributed by atoms with E-state index in [1.807, 2.05) is 0 Å². The van der Waals surface area contributed by atoms with Crippen molar-refractivity contribution in [3.63, 3.8) is 0 Å². The van der Waals surface area contributed by atoms with Gasteiger partial charge in [0, 0.05) is 10.4 Å². The van der Waals surface area contributed by atoms with Gasteiger partial charge >= 0.3 is 5.97 Å². The Bertz CT molecular complexity index is 802. The minimum absolute atomic E-state index is 0.00901. The Kier molecular flexibility index (Phi) is 5.05. The molecule has 6 nitrogen and oxygen atoms in total. The number of nitrogens with one attached hydrogen (secondary N) is 1. The van der Waals surface area contributed by atoms with Crippen LogP contribution >= 0.6 is 22.9 Å². The maximum absolute atomic E-state index is 12.4. The summed E-state index contributed by atoms with van der Waals surface area (Å²) in [7, 11) is -2.51. The van der Waals surface area contributed by atoms with Crippen molar-refractivity contribution in [3.05, 3.63) is 39.9 Å². The van der Waals surface area contributed by atoms with Crippen LogP contribution in [0.5, 0.6) is 0 Å². The highest BCUT2D eigenvalue weighted by atomic mass is 35.5. The van der Waals surface area contributed by atoms with Crippen LogP contribution in [-0.2, 0) is 26.0 Å². The van der Waals surface area contributed by atoms with Crippen molar-refractivity contribution in [2.45, 2.75) is 18.2 Å². The van der Waals surface area contributed by atoms with E-state index in [1.54, 1.807) is 24.4 Å². The van der Waals surface area contributed by atoms with Crippen LogP contribution in [0.1, 0.15) is 11.3 Å². The highest BCUT2D eigenvalue weighted by molar-refractivity contribution is 7.93. The first kappa shape index (κ1) is 16.7. The Morgan fingerprint density at radius 1 is 1.45 bits per heavy atom. The van der Waals surface area contributed by atoms with Crippen LogP contribution in [0.15, 0.2) is 28.5 Å². The first-order valence-electron chi connectivity index (χ1n) is 6.12. The topological polar surface area (TPSA) is 85.4 Å². The molecule has 0 atom stereocenters. The van der Waals surface area contributed by atoms with E-state index >= 15 is 0 Å². The predicted octanol–water partition coefficient (Wildman–Crippen LogP) is 2.62. The molecule has 9 heteroatoms. The molecule has 1 heterocycles. The van der Waals surface area contributed by atoms with E-state index < -0.39 is 16.0 Å². The summed E-state index contributed by atoms with van der Waals surface area (Å²) in [5.74, 6) is -0.439. The molecule has 118 valence electrons. The number of carbonyl (C=O) groups is 1. The van der Waals surface area contributed by atoms with Gasteiger partial charge in [0.05, 0.1) is 24.1 Å². The molecule has 0 aliphatic rings. The third-order valence-corrected chi connectivity index (χ3v) is 5.66. The van der Waals surface area contributed by atoms with Gasteiger partial charge in [-0.1, -0.05) is 17.7 Å². The molecule has 0 bridgehead atoms. The smallest absolute Gasteiger partial charge is 0.311 e. The molecule has 0 aliphatic heterocycles. The number of rotatable bonds is 5. The summed E-state index contributed by atoms with van der Waals surface area (Å²) in [5.41, 5.74) is 0.903. The molecule has 2 aromatic rings. The monoisotopic (exact) mass is 360 g/mol. The largest absolute Gasteiger partial charge is 0.469 e. The van der Waals surface area contributed by atoms with Gasteiger partial charge in [0.25, 0.3) is 10.0 Å². The number of benzene rings is 1. The molecule has 0 fully saturated rings. The molecule has 0 amide bonds. The number of thiazole rings is 1. The van der Waals surface area contributed by atoms with Gasteiger partial charge in [0.2, 0.25) is 0 Å². The Hall–Kier alpha value is -1.64. The number of halogens is 1. The van der Waals surface area contributed by atoms with Crippen LogP contribution < -0.4 is 4.72 Å². The van der Waals surface area contributed by atoms with E-state index in [0.29, 0.717) is 16.3 Å². The fourth-order valence-corrected chi connectivity index (χ4v) is 4.17. The number of carbonyl (C=O) groups excluding carboxylic acids is 1. The van der Waals surface area contributed by atoms with Crippen LogP contribution in [0, 0.1) is 6.92 Å². The minimum atomic E-state index is -3.79. The zero-order valence-electron chi connectivity index (χ0n) is 11.8. The number of sulfonamides is 1. The molecule has 2 rings (SSSR count). The summed E-state index contributed by atoms with van der Waals surface area (Å²) in [6.07, 6.45) is -0.00901. The van der Waals surface area contributed by atoms with Crippen molar-refractivity contribution in [2.75, 3.05) is 11.8 Å². The quantitative estimate of drug-likeness (QED) is 0.828. The fraction of sp³-hybridized carbons (Fsp3) is 0.231. The zero-order chi connectivity index (χ0) is 16.3. The number of hydrogen-bond donors (Lipinski definition) is 1. The Morgan fingerprint density at radius 3 is 2.86 bits per heavy atom. The lowest BCUT2D eigenvalue weighted by Gasteiger charge is -2.09. The molecule has 0 saturated heterocycles. The lowest BCUT2D eigenvalue weighted by Crippen LogP contribution is -2.14. The second-order valence-electron chi connectivity index (χ2n) is 4.37. The average Bonchev–Trinajstić information content (AvgIpc) is 2.87. The molecular weight excluding hydrogens is 348 g/mol. The molecule has 1 aromatic heterocycles. The van der Waals surface area contributed by atoms with Gasteiger partial charge in [-0.05, 0) is 24.6 Å². The van der Waals surface area contributed by atoms with Crippen LogP contribution in [0.4, 0.5) is 5.13 Å². The molecular formula is C13H13ClN2O4S2. The summed E-state index contributed by atoms with van der Waals surface area (Å²) in [4.78, 5) is 15.3. The summed E-state index contributed by atoms with van der Waals surface area (Å²) < 4.78 is 31.7. The van der Waals surface area contributed by atoms with Gasteiger partial charge < -0.3 is 4.74 Å². The van der Waals surface area contributed by atoms with E-state index in [2.05, 4.69) is 14.4 Å². The lowest BCUT2D eigenvalue weighted by atomic mass is 10.2. The first-order chi connectivity index (χ1) is 10.3. The number of esters is 1. The van der Waals surface area contributed by atoms with Gasteiger partial charge in [-0.3, -0.25) is 9.52 Å². The van der Waals surface area contributed by atoms with Gasteiger partial charge in [0.15, 0.2) is 5.13 Å². The van der Waals surface area contributed by atoms with Gasteiger partial charge in [-0.25, -0.2) is 13.4 Å². The van der Waals surface area contributed by atoms with Crippen molar-refractivity contribution in [1.82, 2.24) is 4.98 Å². The van der Waals surface area contributed by atoms with Gasteiger partial charge in [-0.15, -0.1) is 11.3 Å². The molecule has 0 aliphatic carbocycles. The standard InChI is InChI=1S/C13H13ClN2O4S2/c1-8-10(14)4-3-5-11(8)22(18,19)16-13-15-9(7-21-13)6-12(17)20-2/h3-5,7H,6H2,1-2H3,(H,15,16). The van der Waals surface area contributed by atoms with E-state index in [-0.39, 0.29) is 16.4 Å². The average molecular weight is 361 g/mol. The number of methoxy groups -OCH3 is 1. The molecule has 22 heavy (non-hydrogen) atoms. The number of ether oxygens (including phenoxy) is 1. The van der Waals surface area contributed by atoms with Crippen molar-refractivity contribution in [1.29, 1.82) is 0 Å². The third kappa shape index (κ3) is 3.76. The molecule has 1 N–H and O–H groups in total. The Balaban J connectivity index is 2.22. The Labute approximate surface area is 137 Å². The number of hydrogen-bond acceptors (Lipinski definition) is 6. The molecule has 1 aromatic carbocycles. The van der Waals surface area contributed by atoms with Gasteiger partial charge in [-0.2, -0.15) is 0 Å². The van der Waals surface area contributed by atoms with Crippen molar-refractivity contribution in [2.24, 2.45) is 0 Å². The SMILES string of the molecule is COC(=O)Cc1csc(NS(=O)(=O)c2cccc(Cl)c2C)n1. The molecule has 0 radical (unpaired) electrons. The van der Waals surface area contributed by atoms with Crippen molar-refractivity contribution in [3.8, 4) is 0 Å². The van der Waals surface area contributed by atoms with E-state index in [0.717, 1.165) is 11.3 Å². The maximum atomic E-state index is 12.4. The molecule has 0 spiro atoms. The number of anilines is 1. The predicted molar refractivity (Wildman–Crippen MR) is 84.8 cm³/mol. The summed E-state index contributed by atoms with van der Waals surface area (Å²) in [6, 6.07) is 4.65. The normalized spacial score (nSPS) is 11.2. The third-order valence-electron chi connectivity index (χ3n) is 2.83. The maximum Gasteiger partial charge on any atom is 0.311 e. The number of aromatic nitrogens is 1. The van der Waals surface area contributed by atoms with E-state index in [1.165, 1.54) is 13.2 Å². The lowest BCUT2D eigenvalue weighted by molar-refractivity contribution is -0.139. The second kappa shape index (κ2) is 6.64. The summed E-state index contributed by atoms with van der Waals surface area (Å²) >= 11 is 7.04.